The lowest BCUT2D eigenvalue weighted by Crippen LogP contribution is -2.32. The number of alkyl halides is 1. The van der Waals surface area contributed by atoms with Crippen LogP contribution in [0.5, 0.6) is 0 Å². The van der Waals surface area contributed by atoms with E-state index in [0.29, 0.717) is 0 Å². The summed E-state index contributed by atoms with van der Waals surface area (Å²) in [6.45, 7) is 3.80. The van der Waals surface area contributed by atoms with Crippen LogP contribution < -0.4 is 5.32 Å². The van der Waals surface area contributed by atoms with Crippen molar-refractivity contribution in [1.82, 2.24) is 5.32 Å². The zero-order valence-corrected chi connectivity index (χ0v) is 12.9. The van der Waals surface area contributed by atoms with Gasteiger partial charge in [-0.1, -0.05) is 6.07 Å². The maximum atomic E-state index is 11.7. The highest BCUT2D eigenvalue weighted by Gasteiger charge is 2.18. The molecule has 0 radical (unpaired) electrons. The third kappa shape index (κ3) is 3.75. The molecule has 2 nitrogen and oxygen atoms in total. The molecule has 1 N–H and O–H groups in total. The molecule has 1 aromatic rings. The number of amides is 1. The summed E-state index contributed by atoms with van der Waals surface area (Å²) in [6.07, 6.45) is 0. The number of carbonyl (C=O) groups is 1. The number of hydrogen-bond donors (Lipinski definition) is 1. The van der Waals surface area contributed by atoms with Gasteiger partial charge in [0.25, 0.3) is 0 Å². The highest BCUT2D eigenvalue weighted by molar-refractivity contribution is 9.13. The largest absolute Gasteiger partial charge is 0.352 e. The number of rotatable bonds is 3. The van der Waals surface area contributed by atoms with E-state index in [9.17, 15) is 4.79 Å². The number of halogens is 3. The van der Waals surface area contributed by atoms with E-state index in [1.54, 1.807) is 0 Å². The Labute approximate surface area is 117 Å². The molecule has 5 heteroatoms. The molecule has 0 aliphatic carbocycles. The number of hydrogen-bond acceptors (Lipinski definition) is 1. The van der Waals surface area contributed by atoms with Crippen molar-refractivity contribution in [1.29, 1.82) is 0 Å². The Balaban J connectivity index is 2.83. The van der Waals surface area contributed by atoms with Crippen LogP contribution in [0.25, 0.3) is 0 Å². The summed E-state index contributed by atoms with van der Waals surface area (Å²) in [5.41, 5.74) is 0.773. The predicted octanol–water partition coefficient (Wildman–Crippen LogP) is 4.02. The zero-order valence-electron chi connectivity index (χ0n) is 8.93. The summed E-state index contributed by atoms with van der Waals surface area (Å²) >= 11 is 12.8. The second-order valence-electron chi connectivity index (χ2n) is 3.70. The summed E-state index contributed by atoms with van der Waals surface area (Å²) < 4.78 is 1.82. The van der Waals surface area contributed by atoms with Gasteiger partial charge in [0.2, 0.25) is 5.91 Å². The van der Waals surface area contributed by atoms with E-state index in [-0.39, 0.29) is 11.9 Å². The van der Waals surface area contributed by atoms with E-state index in [1.807, 2.05) is 32.0 Å². The van der Waals surface area contributed by atoms with Gasteiger partial charge < -0.3 is 5.32 Å². The monoisotopic (exact) mass is 367 g/mol. The maximum absolute atomic E-state index is 11.7. The summed E-state index contributed by atoms with van der Waals surface area (Å²) in [4.78, 5) is 11.7. The molecule has 0 aliphatic rings. The second kappa shape index (κ2) is 6.03. The van der Waals surface area contributed by atoms with Gasteiger partial charge in [0.15, 0.2) is 0 Å². The van der Waals surface area contributed by atoms with Crippen molar-refractivity contribution >= 4 is 49.4 Å². The Morgan fingerprint density at radius 3 is 2.44 bits per heavy atom. The molecule has 0 saturated heterocycles. The summed E-state index contributed by atoms with van der Waals surface area (Å²) in [5, 5.41) is 2.12. The molecule has 0 saturated carbocycles. The van der Waals surface area contributed by atoms with Crippen molar-refractivity contribution in [2.24, 2.45) is 0 Å². The smallest absolute Gasteiger partial charge is 0.242 e. The fourth-order valence-electron chi connectivity index (χ4n) is 1.18. The molecule has 16 heavy (non-hydrogen) atoms. The van der Waals surface area contributed by atoms with Crippen LogP contribution >= 0.6 is 43.5 Å². The average molecular weight is 369 g/mol. The van der Waals surface area contributed by atoms with Gasteiger partial charge in [-0.15, -0.1) is 11.6 Å². The van der Waals surface area contributed by atoms with Gasteiger partial charge in [-0.2, -0.15) is 0 Å². The zero-order chi connectivity index (χ0) is 12.3. The lowest BCUT2D eigenvalue weighted by Gasteiger charge is -2.13. The van der Waals surface area contributed by atoms with Gasteiger partial charge in [-0.05, 0) is 63.4 Å². The van der Waals surface area contributed by atoms with E-state index in [1.165, 1.54) is 0 Å². The molecule has 88 valence electrons. The number of nitrogens with one attached hydrogen (secondary N) is 1. The Bertz CT molecular complexity index is 396. The Kier molecular flexibility index (Phi) is 5.28. The molecule has 1 atom stereocenters. The Morgan fingerprint density at radius 2 is 1.94 bits per heavy atom. The first-order valence-electron chi connectivity index (χ1n) is 4.81. The number of carbonyl (C=O) groups excluding carboxylic acids is 1. The van der Waals surface area contributed by atoms with Crippen LogP contribution in [0.4, 0.5) is 0 Å². The summed E-state index contributed by atoms with van der Waals surface area (Å²) in [5.74, 6) is -0.175. The Hall–Kier alpha value is -0.0600. The van der Waals surface area contributed by atoms with Crippen LogP contribution in [-0.4, -0.2) is 11.9 Å². The van der Waals surface area contributed by atoms with E-state index in [4.69, 9.17) is 11.6 Å². The normalized spacial score (nSPS) is 12.6. The van der Waals surface area contributed by atoms with Crippen LogP contribution in [0.3, 0.4) is 0 Å². The first-order chi connectivity index (χ1) is 7.41. The maximum Gasteiger partial charge on any atom is 0.242 e. The van der Waals surface area contributed by atoms with Crippen molar-refractivity contribution in [3.8, 4) is 0 Å². The predicted molar refractivity (Wildman–Crippen MR) is 73.7 cm³/mol. The molecule has 0 bridgehead atoms. The first-order valence-corrected chi connectivity index (χ1v) is 6.83. The molecular formula is C11H12Br2ClNO. The standard InChI is InChI=1S/C11H12Br2ClNO/c1-6(2)15-11(16)10(14)7-3-4-8(12)9(13)5-7/h3-6,10H,1-2H3,(H,15,16). The third-order valence-corrected chi connectivity index (χ3v) is 4.23. The Morgan fingerprint density at radius 1 is 1.31 bits per heavy atom. The van der Waals surface area contributed by atoms with Gasteiger partial charge in [-0.3, -0.25) is 4.79 Å². The molecule has 1 amide bonds. The summed E-state index contributed by atoms with van der Waals surface area (Å²) in [6, 6.07) is 5.61. The molecule has 1 aromatic carbocycles. The molecule has 1 rings (SSSR count). The van der Waals surface area contributed by atoms with Crippen molar-refractivity contribution in [2.45, 2.75) is 25.3 Å². The van der Waals surface area contributed by atoms with Gasteiger partial charge in [0.05, 0.1) is 0 Å². The van der Waals surface area contributed by atoms with Crippen molar-refractivity contribution in [3.05, 3.63) is 32.7 Å². The molecule has 0 aromatic heterocycles. The third-order valence-electron chi connectivity index (χ3n) is 1.90. The fourth-order valence-corrected chi connectivity index (χ4v) is 2.02. The number of benzene rings is 1. The molecule has 1 unspecified atom stereocenters. The van der Waals surface area contributed by atoms with Gasteiger partial charge in [-0.25, -0.2) is 0 Å². The topological polar surface area (TPSA) is 29.1 Å². The van der Waals surface area contributed by atoms with Gasteiger partial charge in [0, 0.05) is 15.0 Å². The van der Waals surface area contributed by atoms with Crippen LogP contribution in [0, 0.1) is 0 Å². The van der Waals surface area contributed by atoms with E-state index < -0.39 is 5.38 Å². The molecule has 0 fully saturated rings. The summed E-state index contributed by atoms with van der Waals surface area (Å²) in [7, 11) is 0. The lowest BCUT2D eigenvalue weighted by molar-refractivity contribution is -0.121. The van der Waals surface area contributed by atoms with Crippen LogP contribution in [0.1, 0.15) is 24.8 Å². The second-order valence-corrected chi connectivity index (χ2v) is 5.84. The molecule has 0 heterocycles. The minimum atomic E-state index is -0.660. The van der Waals surface area contributed by atoms with E-state index >= 15 is 0 Å². The van der Waals surface area contributed by atoms with E-state index in [2.05, 4.69) is 37.2 Å². The molecule has 0 aliphatic heterocycles. The lowest BCUT2D eigenvalue weighted by atomic mass is 10.1. The van der Waals surface area contributed by atoms with Crippen molar-refractivity contribution < 1.29 is 4.79 Å². The van der Waals surface area contributed by atoms with Crippen molar-refractivity contribution in [3.63, 3.8) is 0 Å². The van der Waals surface area contributed by atoms with Crippen molar-refractivity contribution in [2.75, 3.05) is 0 Å². The molecular weight excluding hydrogens is 357 g/mol. The highest BCUT2D eigenvalue weighted by Crippen LogP contribution is 2.29. The van der Waals surface area contributed by atoms with Gasteiger partial charge in [0.1, 0.15) is 5.38 Å². The highest BCUT2D eigenvalue weighted by atomic mass is 79.9. The van der Waals surface area contributed by atoms with Crippen LogP contribution in [-0.2, 0) is 4.79 Å². The quantitative estimate of drug-likeness (QED) is 0.801. The fraction of sp³-hybridized carbons (Fsp3) is 0.364. The molecule has 0 spiro atoms. The minimum absolute atomic E-state index is 0.0904. The first kappa shape index (κ1) is 14.0. The van der Waals surface area contributed by atoms with Crippen LogP contribution in [0.15, 0.2) is 27.1 Å². The van der Waals surface area contributed by atoms with Crippen LogP contribution in [0.2, 0.25) is 0 Å². The van der Waals surface area contributed by atoms with Gasteiger partial charge >= 0.3 is 0 Å². The van der Waals surface area contributed by atoms with E-state index in [0.717, 1.165) is 14.5 Å². The minimum Gasteiger partial charge on any atom is -0.352 e. The average Bonchev–Trinajstić information content (AvgIpc) is 2.20. The SMILES string of the molecule is CC(C)NC(=O)C(Cl)c1ccc(Br)c(Br)c1.